The van der Waals surface area contributed by atoms with Crippen LogP contribution in [0.4, 0.5) is 0 Å². The molecule has 0 aliphatic heterocycles. The zero-order valence-electron chi connectivity index (χ0n) is 13.7. The molecule has 0 spiro atoms. The summed E-state index contributed by atoms with van der Waals surface area (Å²) in [5.74, 6) is 0.971. The van der Waals surface area contributed by atoms with Gasteiger partial charge in [-0.25, -0.2) is 0 Å². The molecule has 0 aliphatic carbocycles. The number of rotatable bonds is 6. The highest BCUT2D eigenvalue weighted by Gasteiger charge is 2.24. The third-order valence-corrected chi connectivity index (χ3v) is 3.50. The standard InChI is InChI=1S/C17H29NO2/c1-7-20-16-13(15(18-6)8-9-19)10-12(2)11-14(16)17(3,4)5/h10-11,15,18-19H,7-9H2,1-6H3. The molecule has 0 radical (unpaired) electrons. The lowest BCUT2D eigenvalue weighted by Crippen LogP contribution is -2.22. The minimum absolute atomic E-state index is 0.0305. The Kier molecular flexibility index (Phi) is 6.03. The molecule has 1 unspecified atom stereocenters. The number of aliphatic hydroxyl groups is 1. The molecule has 1 rings (SSSR count). The Morgan fingerprint density at radius 3 is 2.40 bits per heavy atom. The molecule has 114 valence electrons. The second-order valence-electron chi connectivity index (χ2n) is 6.27. The molecule has 1 aromatic carbocycles. The van der Waals surface area contributed by atoms with Gasteiger partial charge in [-0.2, -0.15) is 0 Å². The lowest BCUT2D eigenvalue weighted by Gasteiger charge is -2.28. The molecule has 0 aromatic heterocycles. The monoisotopic (exact) mass is 279 g/mol. The minimum Gasteiger partial charge on any atom is -0.493 e. The molecule has 1 atom stereocenters. The molecule has 2 N–H and O–H groups in total. The van der Waals surface area contributed by atoms with Gasteiger partial charge < -0.3 is 15.2 Å². The number of aryl methyl sites for hydroxylation is 1. The van der Waals surface area contributed by atoms with Gasteiger partial charge in [-0.15, -0.1) is 0 Å². The average Bonchev–Trinajstić information content (AvgIpc) is 2.36. The van der Waals surface area contributed by atoms with Crippen LogP contribution < -0.4 is 10.1 Å². The summed E-state index contributed by atoms with van der Waals surface area (Å²) in [7, 11) is 1.93. The predicted octanol–water partition coefficient (Wildman–Crippen LogP) is 3.33. The second-order valence-corrected chi connectivity index (χ2v) is 6.27. The topological polar surface area (TPSA) is 41.5 Å². The Labute approximate surface area is 123 Å². The average molecular weight is 279 g/mol. The summed E-state index contributed by atoms with van der Waals surface area (Å²) in [6.45, 7) is 11.5. The summed E-state index contributed by atoms with van der Waals surface area (Å²) in [4.78, 5) is 0. The molecule has 0 heterocycles. The number of hydrogen-bond donors (Lipinski definition) is 2. The normalized spacial score (nSPS) is 13.3. The summed E-state index contributed by atoms with van der Waals surface area (Å²) < 4.78 is 5.96. The van der Waals surface area contributed by atoms with Gasteiger partial charge >= 0.3 is 0 Å². The van der Waals surface area contributed by atoms with Crippen molar-refractivity contribution in [2.45, 2.75) is 52.5 Å². The van der Waals surface area contributed by atoms with Crippen LogP contribution in [-0.4, -0.2) is 25.4 Å². The lowest BCUT2D eigenvalue weighted by molar-refractivity contribution is 0.264. The zero-order chi connectivity index (χ0) is 15.3. The molecule has 0 amide bonds. The van der Waals surface area contributed by atoms with Crippen LogP contribution in [0.15, 0.2) is 12.1 Å². The summed E-state index contributed by atoms with van der Waals surface area (Å²) >= 11 is 0. The molecule has 0 fully saturated rings. The first kappa shape index (κ1) is 17.0. The van der Waals surface area contributed by atoms with E-state index >= 15 is 0 Å². The molecule has 20 heavy (non-hydrogen) atoms. The van der Waals surface area contributed by atoms with Crippen LogP contribution in [0.3, 0.4) is 0 Å². The maximum absolute atomic E-state index is 9.27. The van der Waals surface area contributed by atoms with E-state index in [4.69, 9.17) is 4.74 Å². The number of benzene rings is 1. The molecule has 0 bridgehead atoms. The molecule has 1 aromatic rings. The van der Waals surface area contributed by atoms with Gasteiger partial charge in [0.2, 0.25) is 0 Å². The molecule has 0 saturated heterocycles. The Balaban J connectivity index is 3.44. The van der Waals surface area contributed by atoms with Crippen molar-refractivity contribution >= 4 is 0 Å². The van der Waals surface area contributed by atoms with Crippen molar-refractivity contribution in [1.82, 2.24) is 5.32 Å². The number of nitrogens with one attached hydrogen (secondary N) is 1. The number of aliphatic hydroxyl groups excluding tert-OH is 1. The second kappa shape index (κ2) is 7.09. The van der Waals surface area contributed by atoms with Crippen LogP contribution >= 0.6 is 0 Å². The molecule has 0 aliphatic rings. The molecule has 3 nitrogen and oxygen atoms in total. The maximum Gasteiger partial charge on any atom is 0.127 e. The van der Waals surface area contributed by atoms with E-state index in [1.807, 2.05) is 14.0 Å². The summed E-state index contributed by atoms with van der Waals surface area (Å²) in [5, 5.41) is 12.6. The summed E-state index contributed by atoms with van der Waals surface area (Å²) in [6.07, 6.45) is 0.684. The van der Waals surface area contributed by atoms with Gasteiger partial charge in [-0.1, -0.05) is 38.5 Å². The van der Waals surface area contributed by atoms with E-state index in [9.17, 15) is 5.11 Å². The van der Waals surface area contributed by atoms with E-state index in [2.05, 4.69) is 45.1 Å². The molecule has 0 saturated carbocycles. The molecular formula is C17H29NO2. The van der Waals surface area contributed by atoms with Crippen LogP contribution in [0.1, 0.15) is 56.8 Å². The third-order valence-electron chi connectivity index (χ3n) is 3.50. The van der Waals surface area contributed by atoms with E-state index in [1.54, 1.807) is 0 Å². The Morgan fingerprint density at radius 2 is 1.95 bits per heavy atom. The summed E-state index contributed by atoms with van der Waals surface area (Å²) in [5.41, 5.74) is 3.63. The van der Waals surface area contributed by atoms with Crippen molar-refractivity contribution in [2.24, 2.45) is 0 Å². The molecule has 3 heteroatoms. The highest BCUT2D eigenvalue weighted by atomic mass is 16.5. The van der Waals surface area contributed by atoms with Crippen molar-refractivity contribution in [3.05, 3.63) is 28.8 Å². The van der Waals surface area contributed by atoms with Crippen LogP contribution in [-0.2, 0) is 5.41 Å². The summed E-state index contributed by atoms with van der Waals surface area (Å²) in [6, 6.07) is 4.49. The van der Waals surface area contributed by atoms with Crippen molar-refractivity contribution in [2.75, 3.05) is 20.3 Å². The van der Waals surface area contributed by atoms with Crippen molar-refractivity contribution in [3.8, 4) is 5.75 Å². The first-order chi connectivity index (χ1) is 9.35. The quantitative estimate of drug-likeness (QED) is 0.839. The number of ether oxygens (including phenoxy) is 1. The van der Waals surface area contributed by atoms with Crippen LogP contribution in [0, 0.1) is 6.92 Å². The van der Waals surface area contributed by atoms with Gasteiger partial charge in [0.05, 0.1) is 6.61 Å². The van der Waals surface area contributed by atoms with Gasteiger partial charge in [0, 0.05) is 23.8 Å². The lowest BCUT2D eigenvalue weighted by atomic mass is 9.83. The first-order valence-corrected chi connectivity index (χ1v) is 7.41. The Morgan fingerprint density at radius 1 is 1.30 bits per heavy atom. The first-order valence-electron chi connectivity index (χ1n) is 7.41. The number of hydrogen-bond acceptors (Lipinski definition) is 3. The SMILES string of the molecule is CCOc1c(C(CCO)NC)cc(C)cc1C(C)(C)C. The third kappa shape index (κ3) is 3.97. The van der Waals surface area contributed by atoms with E-state index in [-0.39, 0.29) is 18.1 Å². The Bertz CT molecular complexity index is 435. The van der Waals surface area contributed by atoms with Crippen molar-refractivity contribution < 1.29 is 9.84 Å². The van der Waals surface area contributed by atoms with Gasteiger partial charge in [-0.3, -0.25) is 0 Å². The highest BCUT2D eigenvalue weighted by molar-refractivity contribution is 5.49. The van der Waals surface area contributed by atoms with Gasteiger partial charge in [-0.05, 0) is 32.7 Å². The van der Waals surface area contributed by atoms with Gasteiger partial charge in [0.1, 0.15) is 5.75 Å². The van der Waals surface area contributed by atoms with E-state index in [0.717, 1.165) is 11.3 Å². The fourth-order valence-corrected chi connectivity index (χ4v) is 2.51. The zero-order valence-corrected chi connectivity index (χ0v) is 13.7. The molecular weight excluding hydrogens is 250 g/mol. The van der Waals surface area contributed by atoms with Gasteiger partial charge in [0.15, 0.2) is 0 Å². The smallest absolute Gasteiger partial charge is 0.127 e. The van der Waals surface area contributed by atoms with Crippen LogP contribution in [0.5, 0.6) is 5.75 Å². The van der Waals surface area contributed by atoms with Crippen LogP contribution in [0.2, 0.25) is 0 Å². The van der Waals surface area contributed by atoms with E-state index in [1.165, 1.54) is 11.1 Å². The van der Waals surface area contributed by atoms with Gasteiger partial charge in [0.25, 0.3) is 0 Å². The van der Waals surface area contributed by atoms with Crippen molar-refractivity contribution in [1.29, 1.82) is 0 Å². The van der Waals surface area contributed by atoms with E-state index in [0.29, 0.717) is 13.0 Å². The largest absolute Gasteiger partial charge is 0.493 e. The minimum atomic E-state index is 0.0305. The fourth-order valence-electron chi connectivity index (χ4n) is 2.51. The highest BCUT2D eigenvalue weighted by Crippen LogP contribution is 2.38. The Hall–Kier alpha value is -1.06. The van der Waals surface area contributed by atoms with E-state index < -0.39 is 0 Å². The van der Waals surface area contributed by atoms with Crippen molar-refractivity contribution in [3.63, 3.8) is 0 Å². The van der Waals surface area contributed by atoms with Crippen LogP contribution in [0.25, 0.3) is 0 Å². The fraction of sp³-hybridized carbons (Fsp3) is 0.647. The maximum atomic E-state index is 9.27. The predicted molar refractivity (Wildman–Crippen MR) is 84.6 cm³/mol.